The molecule has 2 aromatic heterocycles. The number of H-pyrrole nitrogens is 1. The van der Waals surface area contributed by atoms with E-state index in [0.29, 0.717) is 5.82 Å². The molecule has 1 aromatic carbocycles. The van der Waals surface area contributed by atoms with Crippen LogP contribution in [0.2, 0.25) is 0 Å². The van der Waals surface area contributed by atoms with Crippen molar-refractivity contribution in [1.82, 2.24) is 10.2 Å². The van der Waals surface area contributed by atoms with E-state index in [1.54, 1.807) is 6.20 Å². The first-order valence-corrected chi connectivity index (χ1v) is 7.75. The van der Waals surface area contributed by atoms with E-state index < -0.39 is 0 Å². The van der Waals surface area contributed by atoms with Crippen LogP contribution in [0.25, 0.3) is 11.1 Å². The van der Waals surface area contributed by atoms with Crippen LogP contribution >= 0.6 is 11.3 Å². The summed E-state index contributed by atoms with van der Waals surface area (Å²) in [7, 11) is 0. The Morgan fingerprint density at radius 2 is 2.05 bits per heavy atom. The summed E-state index contributed by atoms with van der Waals surface area (Å²) in [5.41, 5.74) is 3.06. The number of nitrogens with one attached hydrogen (secondary N) is 2. The Hall–Kier alpha value is -2.66. The molecule has 0 aliphatic carbocycles. The van der Waals surface area contributed by atoms with Crippen LogP contribution in [0.3, 0.4) is 0 Å². The zero-order chi connectivity index (χ0) is 15.4. The molecule has 110 valence electrons. The van der Waals surface area contributed by atoms with Crippen molar-refractivity contribution in [3.05, 3.63) is 70.7 Å². The summed E-state index contributed by atoms with van der Waals surface area (Å²) >= 11 is 1.43. The number of hydrogen-bond acceptors (Lipinski definition) is 4. The van der Waals surface area contributed by atoms with Crippen molar-refractivity contribution < 1.29 is 4.79 Å². The molecular weight excluding hydrogens is 294 g/mol. The lowest BCUT2D eigenvalue weighted by Gasteiger charge is -2.03. The first-order chi connectivity index (χ1) is 10.8. The molecule has 5 heteroatoms. The SMILES string of the molecule is Cc1[nH]nc(N/C=C\C(=O)c2cccs2)c1-c1ccccc1. The van der Waals surface area contributed by atoms with Crippen LogP contribution in [-0.2, 0) is 0 Å². The fraction of sp³-hybridized carbons (Fsp3) is 0.0588. The number of rotatable bonds is 5. The molecule has 0 atom stereocenters. The molecule has 0 aliphatic heterocycles. The van der Waals surface area contributed by atoms with Gasteiger partial charge in [-0.1, -0.05) is 36.4 Å². The molecular formula is C17H15N3OS. The smallest absolute Gasteiger partial charge is 0.197 e. The van der Waals surface area contributed by atoms with Crippen molar-refractivity contribution in [2.75, 3.05) is 5.32 Å². The van der Waals surface area contributed by atoms with Crippen LogP contribution < -0.4 is 5.32 Å². The van der Waals surface area contributed by atoms with Gasteiger partial charge < -0.3 is 5.32 Å². The highest BCUT2D eigenvalue weighted by molar-refractivity contribution is 7.12. The van der Waals surface area contributed by atoms with Gasteiger partial charge in [0.25, 0.3) is 0 Å². The quantitative estimate of drug-likeness (QED) is 0.547. The Bertz CT molecular complexity index is 789. The number of carbonyl (C=O) groups excluding carboxylic acids is 1. The predicted octanol–water partition coefficient (Wildman–Crippen LogP) is 4.26. The van der Waals surface area contributed by atoms with Gasteiger partial charge in [-0.15, -0.1) is 11.3 Å². The van der Waals surface area contributed by atoms with Crippen molar-refractivity contribution in [1.29, 1.82) is 0 Å². The molecule has 22 heavy (non-hydrogen) atoms. The second-order valence-corrected chi connectivity index (χ2v) is 5.71. The zero-order valence-electron chi connectivity index (χ0n) is 12.0. The first kappa shape index (κ1) is 14.3. The molecule has 0 aliphatic rings. The molecule has 0 saturated carbocycles. The van der Waals surface area contributed by atoms with E-state index in [1.165, 1.54) is 17.4 Å². The van der Waals surface area contributed by atoms with Crippen molar-refractivity contribution in [2.24, 2.45) is 0 Å². The van der Waals surface area contributed by atoms with E-state index in [2.05, 4.69) is 15.5 Å². The van der Waals surface area contributed by atoms with Gasteiger partial charge >= 0.3 is 0 Å². The second kappa shape index (κ2) is 6.41. The molecule has 0 saturated heterocycles. The third kappa shape index (κ3) is 2.99. The molecule has 2 heterocycles. The second-order valence-electron chi connectivity index (χ2n) is 4.76. The number of hydrogen-bond donors (Lipinski definition) is 2. The molecule has 4 nitrogen and oxygen atoms in total. The minimum absolute atomic E-state index is 0.0176. The molecule has 0 radical (unpaired) electrons. The van der Waals surface area contributed by atoms with Crippen LogP contribution in [0.4, 0.5) is 5.82 Å². The van der Waals surface area contributed by atoms with Crippen LogP contribution in [-0.4, -0.2) is 16.0 Å². The predicted molar refractivity (Wildman–Crippen MR) is 90.2 cm³/mol. The van der Waals surface area contributed by atoms with Gasteiger partial charge in [-0.3, -0.25) is 9.89 Å². The van der Waals surface area contributed by atoms with E-state index in [1.807, 2.05) is 54.8 Å². The Labute approximate surface area is 132 Å². The van der Waals surface area contributed by atoms with Crippen LogP contribution in [0.1, 0.15) is 15.4 Å². The molecule has 0 spiro atoms. The molecule has 3 rings (SSSR count). The Morgan fingerprint density at radius 1 is 1.23 bits per heavy atom. The number of aryl methyl sites for hydroxylation is 1. The van der Waals surface area contributed by atoms with Crippen LogP contribution in [0, 0.1) is 6.92 Å². The number of ketones is 1. The maximum Gasteiger partial charge on any atom is 0.197 e. The Morgan fingerprint density at radius 3 is 2.77 bits per heavy atom. The van der Waals surface area contributed by atoms with Gasteiger partial charge in [0.2, 0.25) is 0 Å². The van der Waals surface area contributed by atoms with E-state index in [4.69, 9.17) is 0 Å². The largest absolute Gasteiger partial charge is 0.345 e. The fourth-order valence-corrected chi connectivity index (χ4v) is 2.83. The van der Waals surface area contributed by atoms with Gasteiger partial charge in [-0.05, 0) is 23.9 Å². The Balaban J connectivity index is 1.78. The highest BCUT2D eigenvalue weighted by Gasteiger charge is 2.11. The summed E-state index contributed by atoms with van der Waals surface area (Å²) in [4.78, 5) is 12.6. The number of benzene rings is 1. The van der Waals surface area contributed by atoms with Crippen molar-refractivity contribution >= 4 is 22.9 Å². The normalized spacial score (nSPS) is 11.0. The summed E-state index contributed by atoms with van der Waals surface area (Å²) in [5.74, 6) is 0.690. The summed E-state index contributed by atoms with van der Waals surface area (Å²) in [6.07, 6.45) is 3.15. The van der Waals surface area contributed by atoms with Gasteiger partial charge in [0.05, 0.1) is 4.88 Å². The maximum atomic E-state index is 11.9. The molecule has 0 fully saturated rings. The number of carbonyl (C=O) groups is 1. The summed E-state index contributed by atoms with van der Waals surface area (Å²) in [6.45, 7) is 1.97. The van der Waals surface area contributed by atoms with Crippen molar-refractivity contribution in [2.45, 2.75) is 6.92 Å². The zero-order valence-corrected chi connectivity index (χ0v) is 12.9. The minimum atomic E-state index is -0.0176. The average Bonchev–Trinajstić information content (AvgIpc) is 3.18. The van der Waals surface area contributed by atoms with Gasteiger partial charge in [-0.25, -0.2) is 0 Å². The number of aromatic amines is 1. The van der Waals surface area contributed by atoms with Gasteiger partial charge in [0.1, 0.15) is 0 Å². The fourth-order valence-electron chi connectivity index (χ4n) is 2.19. The third-order valence-corrected chi connectivity index (χ3v) is 4.11. The number of anilines is 1. The molecule has 0 amide bonds. The lowest BCUT2D eigenvalue weighted by molar-refractivity contribution is 0.105. The molecule has 0 bridgehead atoms. The summed E-state index contributed by atoms with van der Waals surface area (Å²) in [6, 6.07) is 13.7. The van der Waals surface area contributed by atoms with Gasteiger partial charge in [-0.2, -0.15) is 5.10 Å². The van der Waals surface area contributed by atoms with E-state index in [-0.39, 0.29) is 5.78 Å². The number of aromatic nitrogens is 2. The number of nitrogens with zero attached hydrogens (tertiary/aromatic N) is 1. The maximum absolute atomic E-state index is 11.9. The van der Waals surface area contributed by atoms with Crippen LogP contribution in [0.5, 0.6) is 0 Å². The van der Waals surface area contributed by atoms with Gasteiger partial charge in [0, 0.05) is 23.5 Å². The molecule has 3 aromatic rings. The standard InChI is InChI=1S/C17H15N3OS/c1-12-16(13-6-3-2-4-7-13)17(20-19-12)18-10-9-14(21)15-8-5-11-22-15/h2-11H,1H3,(H2,18,19,20)/b10-9-. The van der Waals surface area contributed by atoms with E-state index >= 15 is 0 Å². The Kier molecular flexibility index (Phi) is 4.16. The minimum Gasteiger partial charge on any atom is -0.345 e. The highest BCUT2D eigenvalue weighted by atomic mass is 32.1. The monoisotopic (exact) mass is 309 g/mol. The lowest BCUT2D eigenvalue weighted by Crippen LogP contribution is -1.95. The van der Waals surface area contributed by atoms with Crippen molar-refractivity contribution in [3.8, 4) is 11.1 Å². The highest BCUT2D eigenvalue weighted by Crippen LogP contribution is 2.29. The topological polar surface area (TPSA) is 57.8 Å². The van der Waals surface area contributed by atoms with E-state index in [0.717, 1.165) is 21.7 Å². The summed E-state index contributed by atoms with van der Waals surface area (Å²) < 4.78 is 0. The lowest BCUT2D eigenvalue weighted by atomic mass is 10.1. The van der Waals surface area contributed by atoms with E-state index in [9.17, 15) is 4.79 Å². The van der Waals surface area contributed by atoms with Crippen molar-refractivity contribution in [3.63, 3.8) is 0 Å². The summed E-state index contributed by atoms with van der Waals surface area (Å²) in [5, 5.41) is 12.2. The molecule has 2 N–H and O–H groups in total. The van der Waals surface area contributed by atoms with Crippen LogP contribution in [0.15, 0.2) is 60.1 Å². The third-order valence-electron chi connectivity index (χ3n) is 3.23. The first-order valence-electron chi connectivity index (χ1n) is 6.87. The number of allylic oxidation sites excluding steroid dienone is 1. The van der Waals surface area contributed by atoms with Gasteiger partial charge in [0.15, 0.2) is 11.6 Å². The molecule has 0 unspecified atom stereocenters. The average molecular weight is 309 g/mol. The number of thiophene rings is 1.